The molecule has 0 aromatic carbocycles. The molecule has 1 N–H and O–H groups in total. The van der Waals surface area contributed by atoms with E-state index in [4.69, 9.17) is 4.74 Å². The molecule has 1 aliphatic carbocycles. The van der Waals surface area contributed by atoms with E-state index in [-0.39, 0.29) is 0 Å². The van der Waals surface area contributed by atoms with Gasteiger partial charge in [-0.3, -0.25) is 4.90 Å². The monoisotopic (exact) mass is 339 g/mol. The molecule has 0 radical (unpaired) electrons. The maximum atomic E-state index is 5.22. The van der Waals surface area contributed by atoms with Crippen LogP contribution in [0.5, 0.6) is 5.88 Å². The topological polar surface area (TPSA) is 63.2 Å². The lowest BCUT2D eigenvalue weighted by Gasteiger charge is -2.52. The zero-order valence-electron chi connectivity index (χ0n) is 14.7. The van der Waals surface area contributed by atoms with Crippen LogP contribution >= 0.6 is 0 Å². The molecule has 2 aromatic heterocycles. The van der Waals surface area contributed by atoms with Crippen molar-refractivity contribution >= 4 is 5.95 Å². The molecule has 2 aliphatic rings. The fourth-order valence-corrected chi connectivity index (χ4v) is 4.13. The van der Waals surface area contributed by atoms with E-state index in [1.165, 1.54) is 25.7 Å². The van der Waals surface area contributed by atoms with Gasteiger partial charge >= 0.3 is 0 Å². The Morgan fingerprint density at radius 3 is 2.64 bits per heavy atom. The Kier molecular flexibility index (Phi) is 4.53. The summed E-state index contributed by atoms with van der Waals surface area (Å²) in [6.45, 7) is 3.20. The second-order valence-corrected chi connectivity index (χ2v) is 7.27. The summed E-state index contributed by atoms with van der Waals surface area (Å²) in [6, 6.07) is 8.36. The number of piperidine rings is 1. The number of nitrogens with one attached hydrogen (secondary N) is 1. The number of ether oxygens (including phenoxy) is 1. The van der Waals surface area contributed by atoms with Gasteiger partial charge in [-0.25, -0.2) is 15.0 Å². The summed E-state index contributed by atoms with van der Waals surface area (Å²) in [4.78, 5) is 15.6. The molecule has 6 heteroatoms. The molecule has 1 saturated carbocycles. The summed E-state index contributed by atoms with van der Waals surface area (Å²) in [5.74, 6) is 1.45. The molecule has 2 fully saturated rings. The molecule has 132 valence electrons. The Morgan fingerprint density at radius 2 is 1.92 bits per heavy atom. The number of nitrogens with zero attached hydrogens (tertiary/aromatic N) is 4. The minimum atomic E-state index is 0.519. The lowest BCUT2D eigenvalue weighted by molar-refractivity contribution is 0.0204. The third-order valence-corrected chi connectivity index (χ3v) is 5.55. The highest BCUT2D eigenvalue weighted by Crippen LogP contribution is 2.49. The number of rotatable bonds is 5. The van der Waals surface area contributed by atoms with Gasteiger partial charge in [0.05, 0.1) is 12.8 Å². The van der Waals surface area contributed by atoms with Crippen LogP contribution in [-0.2, 0) is 6.54 Å². The van der Waals surface area contributed by atoms with Crippen LogP contribution in [-0.4, -0.2) is 46.1 Å². The molecule has 4 rings (SSSR count). The summed E-state index contributed by atoms with van der Waals surface area (Å²) in [7, 11) is 1.66. The van der Waals surface area contributed by atoms with Crippen molar-refractivity contribution in [2.45, 2.75) is 38.3 Å². The molecule has 25 heavy (non-hydrogen) atoms. The SMILES string of the molecule is COc1cccc(CN2CCC3(CC2)CC(Nc2ncccn2)C3)n1. The second kappa shape index (κ2) is 6.96. The van der Waals surface area contributed by atoms with Crippen molar-refractivity contribution in [1.29, 1.82) is 0 Å². The Morgan fingerprint density at radius 1 is 1.16 bits per heavy atom. The summed E-state index contributed by atoms with van der Waals surface area (Å²) in [6.07, 6.45) is 8.58. The van der Waals surface area contributed by atoms with Crippen molar-refractivity contribution in [3.63, 3.8) is 0 Å². The minimum absolute atomic E-state index is 0.519. The summed E-state index contributed by atoms with van der Waals surface area (Å²) < 4.78 is 5.22. The van der Waals surface area contributed by atoms with Gasteiger partial charge in [0, 0.05) is 31.0 Å². The van der Waals surface area contributed by atoms with Gasteiger partial charge in [-0.2, -0.15) is 0 Å². The lowest BCUT2D eigenvalue weighted by atomic mass is 9.60. The molecule has 1 spiro atoms. The number of pyridine rings is 1. The van der Waals surface area contributed by atoms with Crippen molar-refractivity contribution in [3.8, 4) is 5.88 Å². The average Bonchev–Trinajstić information content (AvgIpc) is 2.63. The van der Waals surface area contributed by atoms with Crippen LogP contribution in [0.25, 0.3) is 0 Å². The third kappa shape index (κ3) is 3.74. The second-order valence-electron chi connectivity index (χ2n) is 7.27. The quantitative estimate of drug-likeness (QED) is 0.904. The summed E-state index contributed by atoms with van der Waals surface area (Å²) in [5, 5.41) is 3.45. The zero-order valence-corrected chi connectivity index (χ0v) is 14.7. The van der Waals surface area contributed by atoms with E-state index in [1.54, 1.807) is 19.5 Å². The first-order valence-corrected chi connectivity index (χ1v) is 9.01. The molecule has 0 bridgehead atoms. The van der Waals surface area contributed by atoms with Crippen molar-refractivity contribution in [3.05, 3.63) is 42.4 Å². The predicted molar refractivity (Wildman–Crippen MR) is 96.4 cm³/mol. The molecule has 0 atom stereocenters. The molecular formula is C19H25N5O. The van der Waals surface area contributed by atoms with Gasteiger partial charge in [0.1, 0.15) is 0 Å². The molecule has 1 saturated heterocycles. The van der Waals surface area contributed by atoms with E-state index in [9.17, 15) is 0 Å². The smallest absolute Gasteiger partial charge is 0.222 e. The fraction of sp³-hybridized carbons (Fsp3) is 0.526. The van der Waals surface area contributed by atoms with Crippen LogP contribution in [0.4, 0.5) is 5.95 Å². The van der Waals surface area contributed by atoms with Crippen LogP contribution in [0.15, 0.2) is 36.7 Å². The van der Waals surface area contributed by atoms with Crippen LogP contribution in [0.2, 0.25) is 0 Å². The average molecular weight is 339 g/mol. The number of anilines is 1. The molecule has 2 aromatic rings. The van der Waals surface area contributed by atoms with Gasteiger partial charge in [0.2, 0.25) is 11.8 Å². The standard InChI is InChI=1S/C19H25N5O/c1-25-17-5-2-4-15(22-17)14-24-10-6-19(7-11-24)12-16(13-19)23-18-20-8-3-9-21-18/h2-5,8-9,16H,6-7,10-14H2,1H3,(H,20,21,23). The van der Waals surface area contributed by atoms with Gasteiger partial charge < -0.3 is 10.1 Å². The van der Waals surface area contributed by atoms with Crippen molar-refractivity contribution < 1.29 is 4.74 Å². The maximum Gasteiger partial charge on any atom is 0.222 e. The highest BCUT2D eigenvalue weighted by atomic mass is 16.5. The lowest BCUT2D eigenvalue weighted by Crippen LogP contribution is -2.51. The summed E-state index contributed by atoms with van der Waals surface area (Å²) in [5.41, 5.74) is 1.61. The van der Waals surface area contributed by atoms with Gasteiger partial charge in [-0.1, -0.05) is 6.07 Å². The van der Waals surface area contributed by atoms with Crippen molar-refractivity contribution in [2.24, 2.45) is 5.41 Å². The number of aromatic nitrogens is 3. The molecule has 6 nitrogen and oxygen atoms in total. The van der Waals surface area contributed by atoms with Crippen LogP contribution in [0, 0.1) is 5.41 Å². The zero-order chi connectivity index (χ0) is 17.1. The highest BCUT2D eigenvalue weighted by Gasteiger charge is 2.45. The Balaban J connectivity index is 1.25. The molecule has 0 unspecified atom stereocenters. The largest absolute Gasteiger partial charge is 0.481 e. The number of methoxy groups -OCH3 is 1. The van der Waals surface area contributed by atoms with Gasteiger partial charge in [-0.15, -0.1) is 0 Å². The predicted octanol–water partition coefficient (Wildman–Crippen LogP) is 2.74. The number of likely N-dealkylation sites (tertiary alicyclic amines) is 1. The fourth-order valence-electron chi connectivity index (χ4n) is 4.13. The van der Waals surface area contributed by atoms with E-state index in [0.717, 1.165) is 31.3 Å². The number of hydrogen-bond donors (Lipinski definition) is 1. The Hall–Kier alpha value is -2.21. The Labute approximate surface area is 148 Å². The first-order chi connectivity index (χ1) is 12.2. The van der Waals surface area contributed by atoms with E-state index < -0.39 is 0 Å². The van der Waals surface area contributed by atoms with Crippen LogP contribution in [0.3, 0.4) is 0 Å². The summed E-state index contributed by atoms with van der Waals surface area (Å²) >= 11 is 0. The van der Waals surface area contributed by atoms with Gasteiger partial charge in [-0.05, 0) is 56.3 Å². The molecule has 3 heterocycles. The molecule has 1 aliphatic heterocycles. The van der Waals surface area contributed by atoms with E-state index in [0.29, 0.717) is 17.3 Å². The van der Waals surface area contributed by atoms with Crippen molar-refractivity contribution in [1.82, 2.24) is 19.9 Å². The van der Waals surface area contributed by atoms with E-state index >= 15 is 0 Å². The number of hydrogen-bond acceptors (Lipinski definition) is 6. The van der Waals surface area contributed by atoms with Gasteiger partial charge in [0.15, 0.2) is 0 Å². The van der Waals surface area contributed by atoms with Crippen molar-refractivity contribution in [2.75, 3.05) is 25.5 Å². The van der Waals surface area contributed by atoms with Crippen LogP contribution < -0.4 is 10.1 Å². The van der Waals surface area contributed by atoms with Crippen LogP contribution in [0.1, 0.15) is 31.4 Å². The minimum Gasteiger partial charge on any atom is -0.481 e. The normalized spacial score (nSPS) is 20.2. The molecular weight excluding hydrogens is 314 g/mol. The maximum absolute atomic E-state index is 5.22. The Bertz CT molecular complexity index is 692. The van der Waals surface area contributed by atoms with E-state index in [2.05, 4.69) is 31.2 Å². The highest BCUT2D eigenvalue weighted by molar-refractivity contribution is 5.27. The first kappa shape index (κ1) is 16.3. The third-order valence-electron chi connectivity index (χ3n) is 5.55. The van der Waals surface area contributed by atoms with E-state index in [1.807, 2.05) is 18.2 Å². The molecule has 0 amide bonds. The van der Waals surface area contributed by atoms with Gasteiger partial charge in [0.25, 0.3) is 0 Å². The first-order valence-electron chi connectivity index (χ1n) is 9.01.